The number of halogens is 2. The van der Waals surface area contributed by atoms with Crippen LogP contribution in [0.3, 0.4) is 0 Å². The smallest absolute Gasteiger partial charge is 0.331 e. The summed E-state index contributed by atoms with van der Waals surface area (Å²) in [4.78, 5) is 23.2. The van der Waals surface area contributed by atoms with Gasteiger partial charge in [0.15, 0.2) is 0 Å². The molecule has 2 aromatic carbocycles. The molecule has 0 saturated heterocycles. The molecule has 0 radical (unpaired) electrons. The Morgan fingerprint density at radius 2 is 2.11 bits per heavy atom. The fourth-order valence-electron chi connectivity index (χ4n) is 3.56. The predicted molar refractivity (Wildman–Crippen MR) is 133 cm³/mol. The monoisotopic (exact) mass is 490 g/mol. The number of carboxylic acid groups (broad SMARTS) is 1. The number of carbonyl (C=O) groups is 1. The lowest BCUT2D eigenvalue weighted by atomic mass is 10.0. The van der Waals surface area contributed by atoms with Crippen LogP contribution in [0.1, 0.15) is 30.2 Å². The van der Waals surface area contributed by atoms with Gasteiger partial charge in [0.25, 0.3) is 0 Å². The van der Waals surface area contributed by atoms with E-state index in [-0.39, 0.29) is 16.2 Å². The van der Waals surface area contributed by atoms with Gasteiger partial charge in [0.2, 0.25) is 0 Å². The molecule has 0 aliphatic carbocycles. The van der Waals surface area contributed by atoms with Crippen molar-refractivity contribution in [3.05, 3.63) is 82.3 Å². The molecule has 2 aromatic heterocycles. The summed E-state index contributed by atoms with van der Waals surface area (Å²) in [6, 6.07) is 9.90. The third-order valence-electron chi connectivity index (χ3n) is 5.33. The number of pyridine rings is 1. The summed E-state index contributed by atoms with van der Waals surface area (Å²) in [5, 5.41) is 26.3. The second-order valence-corrected chi connectivity index (χ2v) is 8.04. The fraction of sp³-hybridized carbons (Fsp3) is 0.120. The number of H-pyrrole nitrogens is 1. The van der Waals surface area contributed by atoms with E-state index in [2.05, 4.69) is 31.7 Å². The number of nitrogens with one attached hydrogen (secondary N) is 3. The minimum atomic E-state index is -1.02. The summed E-state index contributed by atoms with van der Waals surface area (Å²) in [7, 11) is 0. The SMILES string of the molecule is CC/C(=C\c1cc(NCc2cnc[nH]2)cc2c(Nc3ccc(F)c(Cl)c3)c(C#N)cnc12)C(=O)O. The highest BCUT2D eigenvalue weighted by Crippen LogP contribution is 2.35. The van der Waals surface area contributed by atoms with E-state index in [1.54, 1.807) is 31.6 Å². The maximum atomic E-state index is 13.7. The molecule has 0 bridgehead atoms. The summed E-state index contributed by atoms with van der Waals surface area (Å²) >= 11 is 5.94. The predicted octanol–water partition coefficient (Wildman–Crippen LogP) is 5.86. The molecule has 0 aliphatic rings. The molecule has 0 unspecified atom stereocenters. The molecule has 2 heterocycles. The van der Waals surface area contributed by atoms with Crippen molar-refractivity contribution in [1.29, 1.82) is 5.26 Å². The lowest BCUT2D eigenvalue weighted by molar-refractivity contribution is -0.132. The maximum Gasteiger partial charge on any atom is 0.331 e. The number of nitrogens with zero attached hydrogens (tertiary/aromatic N) is 3. The highest BCUT2D eigenvalue weighted by Gasteiger charge is 2.15. The molecular weight excluding hydrogens is 471 g/mol. The first kappa shape index (κ1) is 23.7. The minimum Gasteiger partial charge on any atom is -0.478 e. The molecule has 0 amide bonds. The van der Waals surface area contributed by atoms with E-state index in [9.17, 15) is 19.6 Å². The number of anilines is 3. The van der Waals surface area contributed by atoms with Crippen LogP contribution in [0.15, 0.2) is 54.6 Å². The lowest BCUT2D eigenvalue weighted by Crippen LogP contribution is -2.03. The number of aromatic amines is 1. The third-order valence-corrected chi connectivity index (χ3v) is 5.62. The largest absolute Gasteiger partial charge is 0.478 e. The highest BCUT2D eigenvalue weighted by molar-refractivity contribution is 6.31. The van der Waals surface area contributed by atoms with Crippen LogP contribution in [0.4, 0.5) is 21.5 Å². The van der Waals surface area contributed by atoms with Crippen LogP contribution in [-0.4, -0.2) is 26.0 Å². The molecule has 0 aliphatic heterocycles. The van der Waals surface area contributed by atoms with Gasteiger partial charge in [-0.3, -0.25) is 4.98 Å². The van der Waals surface area contributed by atoms with Crippen molar-refractivity contribution in [2.24, 2.45) is 0 Å². The Bertz CT molecular complexity index is 1480. The number of fused-ring (bicyclic) bond motifs is 1. The van der Waals surface area contributed by atoms with Gasteiger partial charge >= 0.3 is 5.97 Å². The van der Waals surface area contributed by atoms with Gasteiger partial charge in [0.1, 0.15) is 11.9 Å². The Balaban J connectivity index is 1.90. The molecule has 4 rings (SSSR count). The van der Waals surface area contributed by atoms with Gasteiger partial charge in [-0.25, -0.2) is 14.2 Å². The first-order valence-electron chi connectivity index (χ1n) is 10.6. The fourth-order valence-corrected chi connectivity index (χ4v) is 3.74. The van der Waals surface area contributed by atoms with E-state index in [1.165, 1.54) is 24.4 Å². The van der Waals surface area contributed by atoms with Gasteiger partial charge in [-0.15, -0.1) is 0 Å². The second-order valence-electron chi connectivity index (χ2n) is 7.63. The lowest BCUT2D eigenvalue weighted by Gasteiger charge is -2.16. The van der Waals surface area contributed by atoms with E-state index in [4.69, 9.17) is 11.6 Å². The summed E-state index contributed by atoms with van der Waals surface area (Å²) in [5.74, 6) is -1.58. The molecule has 0 saturated carbocycles. The van der Waals surface area contributed by atoms with E-state index in [0.717, 1.165) is 5.69 Å². The average Bonchev–Trinajstić information content (AvgIpc) is 3.37. The Labute approximate surface area is 205 Å². The summed E-state index contributed by atoms with van der Waals surface area (Å²) < 4.78 is 13.7. The van der Waals surface area contributed by atoms with Gasteiger partial charge in [-0.1, -0.05) is 18.5 Å². The van der Waals surface area contributed by atoms with E-state index in [0.29, 0.717) is 46.5 Å². The van der Waals surface area contributed by atoms with Crippen molar-refractivity contribution in [3.63, 3.8) is 0 Å². The topological polar surface area (TPSA) is 127 Å². The molecule has 4 aromatic rings. The van der Waals surface area contributed by atoms with Crippen LogP contribution >= 0.6 is 11.6 Å². The number of aliphatic carboxylic acids is 1. The highest BCUT2D eigenvalue weighted by atomic mass is 35.5. The standard InChI is InChI=1S/C25H20ClFN6O2/c1-2-14(25(34)35)5-15-6-18(30-12-19-11-29-13-32-19)7-20-23(15)31-10-16(9-28)24(20)33-17-3-4-22(27)21(26)8-17/h3-8,10-11,13,30H,2,12H2,1H3,(H,29,32)(H,31,33)(H,34,35)/b14-5+. The zero-order valence-electron chi connectivity index (χ0n) is 18.6. The number of benzene rings is 2. The van der Waals surface area contributed by atoms with Gasteiger partial charge in [-0.05, 0) is 42.8 Å². The zero-order chi connectivity index (χ0) is 24.9. The molecule has 0 atom stereocenters. The van der Waals surface area contributed by atoms with Crippen LogP contribution in [0.25, 0.3) is 17.0 Å². The van der Waals surface area contributed by atoms with Crippen molar-refractivity contribution in [1.82, 2.24) is 15.0 Å². The van der Waals surface area contributed by atoms with Crippen LogP contribution in [0.2, 0.25) is 5.02 Å². The molecule has 8 nitrogen and oxygen atoms in total. The van der Waals surface area contributed by atoms with Gasteiger partial charge in [-0.2, -0.15) is 5.26 Å². The second kappa shape index (κ2) is 10.2. The number of nitriles is 1. The van der Waals surface area contributed by atoms with Crippen LogP contribution < -0.4 is 10.6 Å². The molecule has 35 heavy (non-hydrogen) atoms. The Morgan fingerprint density at radius 3 is 2.77 bits per heavy atom. The zero-order valence-corrected chi connectivity index (χ0v) is 19.3. The first-order chi connectivity index (χ1) is 16.9. The Morgan fingerprint density at radius 1 is 1.29 bits per heavy atom. The summed E-state index contributed by atoms with van der Waals surface area (Å²) in [5.41, 5.74) is 3.98. The van der Waals surface area contributed by atoms with Crippen molar-refractivity contribution in [2.75, 3.05) is 10.6 Å². The number of imidazole rings is 1. The van der Waals surface area contributed by atoms with Gasteiger partial charge < -0.3 is 20.7 Å². The molecule has 0 fully saturated rings. The van der Waals surface area contributed by atoms with E-state index < -0.39 is 11.8 Å². The number of hydrogen-bond acceptors (Lipinski definition) is 6. The van der Waals surface area contributed by atoms with Crippen LogP contribution in [0.5, 0.6) is 0 Å². The van der Waals surface area contributed by atoms with Crippen LogP contribution in [-0.2, 0) is 11.3 Å². The minimum absolute atomic E-state index is 0.0635. The Kier molecular flexibility index (Phi) is 6.94. The van der Waals surface area contributed by atoms with Crippen molar-refractivity contribution in [3.8, 4) is 6.07 Å². The normalized spacial score (nSPS) is 11.3. The van der Waals surface area contributed by atoms with E-state index in [1.807, 2.05) is 6.07 Å². The summed E-state index contributed by atoms with van der Waals surface area (Å²) in [6.07, 6.45) is 6.57. The maximum absolute atomic E-state index is 13.7. The molecule has 0 spiro atoms. The number of hydrogen-bond donors (Lipinski definition) is 4. The molecule has 10 heteroatoms. The van der Waals surface area contributed by atoms with Gasteiger partial charge in [0.05, 0.1) is 40.4 Å². The number of carboxylic acids is 1. The summed E-state index contributed by atoms with van der Waals surface area (Å²) in [6.45, 7) is 2.20. The molecular formula is C25H20ClFN6O2. The van der Waals surface area contributed by atoms with Crippen molar-refractivity contribution in [2.45, 2.75) is 19.9 Å². The van der Waals surface area contributed by atoms with Crippen LogP contribution in [0, 0.1) is 17.1 Å². The number of rotatable bonds is 8. The van der Waals surface area contributed by atoms with Crippen molar-refractivity contribution < 1.29 is 14.3 Å². The quantitative estimate of drug-likeness (QED) is 0.228. The number of aromatic nitrogens is 3. The first-order valence-corrected chi connectivity index (χ1v) is 11.0. The van der Waals surface area contributed by atoms with Gasteiger partial charge in [0, 0.05) is 40.3 Å². The third kappa shape index (κ3) is 5.23. The average molecular weight is 491 g/mol. The van der Waals surface area contributed by atoms with Crippen molar-refractivity contribution >= 4 is 51.6 Å². The Hall–Kier alpha value is -4.42. The van der Waals surface area contributed by atoms with E-state index >= 15 is 0 Å². The molecule has 4 N–H and O–H groups in total. The molecule has 176 valence electrons.